The lowest BCUT2D eigenvalue weighted by Gasteiger charge is -2.14. The Balaban J connectivity index is 1.80. The predicted molar refractivity (Wildman–Crippen MR) is 127 cm³/mol. The molecule has 3 rings (SSSR count). The number of nitrogens with one attached hydrogen (secondary N) is 2. The van der Waals surface area contributed by atoms with Gasteiger partial charge in [0.15, 0.2) is 0 Å². The minimum atomic E-state index is -4.14. The summed E-state index contributed by atoms with van der Waals surface area (Å²) in [7, 11) is -4.14. The molecule has 1 amide bonds. The topological polar surface area (TPSA) is 184 Å². The van der Waals surface area contributed by atoms with Gasteiger partial charge in [-0.3, -0.25) is 19.3 Å². The number of carbonyl (C=O) groups is 1. The second-order valence-corrected chi connectivity index (χ2v) is 9.08. The van der Waals surface area contributed by atoms with Gasteiger partial charge in [0.25, 0.3) is 15.6 Å². The van der Waals surface area contributed by atoms with Crippen LogP contribution < -0.4 is 27.1 Å². The minimum Gasteiger partial charge on any atom is -0.391 e. The number of rotatable bonds is 9. The summed E-state index contributed by atoms with van der Waals surface area (Å²) in [5.74, 6) is -0.728. The molecule has 2 aromatic heterocycles. The van der Waals surface area contributed by atoms with Crippen LogP contribution >= 0.6 is 0 Å². The predicted octanol–water partition coefficient (Wildman–Crippen LogP) is 0.135. The molecule has 0 bridgehead atoms. The van der Waals surface area contributed by atoms with Crippen molar-refractivity contribution in [3.8, 4) is 0 Å². The van der Waals surface area contributed by atoms with E-state index in [0.717, 1.165) is 10.1 Å². The number of hydrogen-bond acceptors (Lipinski definition) is 7. The Labute approximate surface area is 195 Å². The molecule has 12 nitrogen and oxygen atoms in total. The molecule has 180 valence electrons. The zero-order chi connectivity index (χ0) is 24.9. The molecule has 34 heavy (non-hydrogen) atoms. The van der Waals surface area contributed by atoms with Crippen molar-refractivity contribution < 1.29 is 18.0 Å². The molecule has 1 aromatic carbocycles. The van der Waals surface area contributed by atoms with Crippen LogP contribution in [0.25, 0.3) is 10.9 Å². The Bertz CT molecular complexity index is 1410. The van der Waals surface area contributed by atoms with Crippen molar-refractivity contribution in [2.24, 2.45) is 16.6 Å². The van der Waals surface area contributed by atoms with E-state index in [1.807, 2.05) is 13.0 Å². The van der Waals surface area contributed by atoms with Gasteiger partial charge in [0.2, 0.25) is 11.9 Å². The summed E-state index contributed by atoms with van der Waals surface area (Å²) >= 11 is 0. The zero-order valence-electron chi connectivity index (χ0n) is 18.6. The van der Waals surface area contributed by atoms with Gasteiger partial charge in [0, 0.05) is 17.3 Å². The lowest BCUT2D eigenvalue weighted by molar-refractivity contribution is -0.122. The lowest BCUT2D eigenvalue weighted by Crippen LogP contribution is -2.36. The number of aryl methyl sites for hydroxylation is 2. The molecule has 0 aliphatic heterocycles. The average molecular weight is 488 g/mol. The zero-order valence-corrected chi connectivity index (χ0v) is 19.4. The van der Waals surface area contributed by atoms with Crippen molar-refractivity contribution >= 4 is 38.5 Å². The monoisotopic (exact) mass is 487 g/mol. The summed E-state index contributed by atoms with van der Waals surface area (Å²) in [4.78, 5) is 34.2. The minimum absolute atomic E-state index is 0.0238. The summed E-state index contributed by atoms with van der Waals surface area (Å²) in [6, 6.07) is 9.49. The van der Waals surface area contributed by atoms with Crippen molar-refractivity contribution in [1.29, 1.82) is 0 Å². The van der Waals surface area contributed by atoms with Gasteiger partial charge in [-0.15, -0.1) is 0 Å². The number of para-hydroxylation sites is 1. The first-order chi connectivity index (χ1) is 16.1. The van der Waals surface area contributed by atoms with Crippen LogP contribution in [0.5, 0.6) is 0 Å². The fourth-order valence-corrected chi connectivity index (χ4v) is 4.40. The van der Waals surface area contributed by atoms with Crippen molar-refractivity contribution in [3.63, 3.8) is 0 Å². The molecule has 0 spiro atoms. The van der Waals surface area contributed by atoms with Crippen LogP contribution in [0.2, 0.25) is 0 Å². The van der Waals surface area contributed by atoms with Crippen LogP contribution in [0.15, 0.2) is 57.4 Å². The number of nitrogens with two attached hydrogens (primary N) is 2. The number of guanidine groups is 1. The number of carbonyl (C=O) groups excluding carboxylic acids is 1. The van der Waals surface area contributed by atoms with Gasteiger partial charge in [-0.05, 0) is 48.8 Å². The number of pyridine rings is 2. The summed E-state index contributed by atoms with van der Waals surface area (Å²) in [6.07, 6.45) is 1.57. The normalized spacial score (nSPS) is 11.1. The van der Waals surface area contributed by atoms with Crippen LogP contribution in [0, 0.1) is 13.8 Å². The quantitative estimate of drug-likeness (QED) is 0.142. The Morgan fingerprint density at radius 2 is 1.97 bits per heavy atom. The molecule has 0 fully saturated rings. The Morgan fingerprint density at radius 3 is 2.71 bits per heavy atom. The van der Waals surface area contributed by atoms with Crippen molar-refractivity contribution in [2.45, 2.75) is 25.3 Å². The van der Waals surface area contributed by atoms with E-state index in [-0.39, 0.29) is 41.8 Å². The third-order valence-corrected chi connectivity index (χ3v) is 6.12. The first-order valence-electron chi connectivity index (χ1n) is 10.1. The molecular weight excluding hydrogens is 462 g/mol. The highest BCUT2D eigenvalue weighted by Crippen LogP contribution is 2.23. The van der Waals surface area contributed by atoms with Crippen LogP contribution in [0.3, 0.4) is 0 Å². The van der Waals surface area contributed by atoms with Crippen LogP contribution in [-0.4, -0.2) is 43.0 Å². The average Bonchev–Trinajstić information content (AvgIpc) is 2.77. The van der Waals surface area contributed by atoms with E-state index in [0.29, 0.717) is 11.1 Å². The number of nitrogens with zero attached hydrogens (tertiary/aromatic N) is 3. The Kier molecular flexibility index (Phi) is 7.36. The number of benzene rings is 1. The molecule has 0 saturated carbocycles. The number of fused-ring (bicyclic) bond motifs is 1. The SMILES string of the molecule is Cc1cnc2c(S(=O)(=O)Nc3ccc(C)n(CC(=O)NCCON=C(N)N)c3=O)cccc2c1. The van der Waals surface area contributed by atoms with Crippen LogP contribution in [0.1, 0.15) is 11.3 Å². The first kappa shape index (κ1) is 24.5. The highest BCUT2D eigenvalue weighted by Gasteiger charge is 2.21. The second kappa shape index (κ2) is 10.2. The molecule has 0 aliphatic rings. The fraction of sp³-hybridized carbons (Fsp3) is 0.238. The van der Waals surface area contributed by atoms with Crippen LogP contribution in [0.4, 0.5) is 5.69 Å². The molecule has 0 aliphatic carbocycles. The standard InChI is InChI=1S/C21H25N7O5S/c1-13-10-15-4-3-5-17(19(15)25-11-13)34(31,32)27-16-7-6-14(2)28(20(16)30)12-18(29)24-8-9-33-26-21(22)23/h3-7,10-11,27H,8-9,12H2,1-2H3,(H,24,29)(H4,22,23,26). The van der Waals surface area contributed by atoms with Gasteiger partial charge < -0.3 is 26.2 Å². The van der Waals surface area contributed by atoms with Crippen molar-refractivity contribution in [2.75, 3.05) is 17.9 Å². The molecular formula is C21H25N7O5S. The van der Waals surface area contributed by atoms with Gasteiger partial charge in [0.05, 0.1) is 12.1 Å². The van der Waals surface area contributed by atoms with E-state index < -0.39 is 21.5 Å². The summed E-state index contributed by atoms with van der Waals surface area (Å²) in [5.41, 5.74) is 11.0. The molecule has 0 unspecified atom stereocenters. The maximum absolute atomic E-state index is 13.1. The fourth-order valence-electron chi connectivity index (χ4n) is 3.16. The molecule has 2 heterocycles. The highest BCUT2D eigenvalue weighted by molar-refractivity contribution is 7.93. The van der Waals surface area contributed by atoms with Gasteiger partial charge in [-0.25, -0.2) is 8.42 Å². The summed E-state index contributed by atoms with van der Waals surface area (Å²) in [5, 5.41) is 6.54. The molecule has 0 saturated heterocycles. The molecule has 0 radical (unpaired) electrons. The number of amides is 1. The Morgan fingerprint density at radius 1 is 1.21 bits per heavy atom. The number of oxime groups is 1. The summed E-state index contributed by atoms with van der Waals surface area (Å²) in [6.45, 7) is 3.29. The largest absolute Gasteiger partial charge is 0.391 e. The summed E-state index contributed by atoms with van der Waals surface area (Å²) < 4.78 is 29.7. The van der Waals surface area contributed by atoms with Crippen LogP contribution in [-0.2, 0) is 26.2 Å². The van der Waals surface area contributed by atoms with Crippen molar-refractivity contribution in [1.82, 2.24) is 14.9 Å². The number of anilines is 1. The van der Waals surface area contributed by atoms with E-state index >= 15 is 0 Å². The third kappa shape index (κ3) is 5.81. The van der Waals surface area contributed by atoms with E-state index in [4.69, 9.17) is 16.3 Å². The van der Waals surface area contributed by atoms with Gasteiger partial charge in [0.1, 0.15) is 23.7 Å². The van der Waals surface area contributed by atoms with E-state index in [2.05, 4.69) is 20.2 Å². The number of sulfonamides is 1. The maximum Gasteiger partial charge on any atom is 0.275 e. The van der Waals surface area contributed by atoms with E-state index in [1.54, 1.807) is 31.3 Å². The highest BCUT2D eigenvalue weighted by atomic mass is 32.2. The molecule has 0 atom stereocenters. The smallest absolute Gasteiger partial charge is 0.275 e. The third-order valence-electron chi connectivity index (χ3n) is 4.72. The Hall–Kier alpha value is -4.13. The number of aromatic nitrogens is 2. The van der Waals surface area contributed by atoms with Crippen molar-refractivity contribution in [3.05, 3.63) is 64.2 Å². The van der Waals surface area contributed by atoms with E-state index in [1.165, 1.54) is 12.1 Å². The molecule has 13 heteroatoms. The number of hydrogen-bond donors (Lipinski definition) is 4. The van der Waals surface area contributed by atoms with Gasteiger partial charge in [-0.2, -0.15) is 0 Å². The second-order valence-electron chi connectivity index (χ2n) is 7.43. The van der Waals surface area contributed by atoms with E-state index in [9.17, 15) is 18.0 Å². The maximum atomic E-state index is 13.1. The lowest BCUT2D eigenvalue weighted by atomic mass is 10.2. The molecule has 3 aromatic rings. The van der Waals surface area contributed by atoms with Gasteiger partial charge >= 0.3 is 0 Å². The van der Waals surface area contributed by atoms with Gasteiger partial charge in [-0.1, -0.05) is 12.1 Å². The molecule has 6 N–H and O–H groups in total. The first-order valence-corrected chi connectivity index (χ1v) is 11.6.